The van der Waals surface area contributed by atoms with Gasteiger partial charge in [0.15, 0.2) is 0 Å². The molecule has 0 radical (unpaired) electrons. The number of rotatable bonds is 4. The van der Waals surface area contributed by atoms with Crippen LogP contribution in [0.25, 0.3) is 0 Å². The second kappa shape index (κ2) is 6.64. The van der Waals surface area contributed by atoms with Crippen LogP contribution in [0.2, 0.25) is 0 Å². The Bertz CT molecular complexity index is 534. The second-order valence-corrected chi connectivity index (χ2v) is 6.30. The van der Waals surface area contributed by atoms with E-state index in [4.69, 9.17) is 5.73 Å². The predicted molar refractivity (Wildman–Crippen MR) is 83.7 cm³/mol. The summed E-state index contributed by atoms with van der Waals surface area (Å²) in [5, 5.41) is 0. The molecule has 4 heteroatoms. The van der Waals surface area contributed by atoms with E-state index >= 15 is 0 Å². The minimum absolute atomic E-state index is 0.196. The van der Waals surface area contributed by atoms with Gasteiger partial charge in [0.1, 0.15) is 5.82 Å². The third kappa shape index (κ3) is 4.13. The number of hydrogen-bond acceptors (Lipinski definition) is 1. The van der Waals surface area contributed by atoms with Crippen LogP contribution in [0.1, 0.15) is 17.0 Å². The molecular formula is C15H14Br2FN. The molecule has 0 saturated carbocycles. The summed E-state index contributed by atoms with van der Waals surface area (Å²) in [6.07, 6.45) is 0.731. The van der Waals surface area contributed by atoms with E-state index in [1.54, 1.807) is 6.07 Å². The van der Waals surface area contributed by atoms with E-state index in [1.807, 2.05) is 18.2 Å². The van der Waals surface area contributed by atoms with Crippen molar-refractivity contribution in [1.29, 1.82) is 0 Å². The van der Waals surface area contributed by atoms with Gasteiger partial charge < -0.3 is 5.73 Å². The van der Waals surface area contributed by atoms with Crippen LogP contribution in [0.5, 0.6) is 0 Å². The van der Waals surface area contributed by atoms with Gasteiger partial charge in [0.25, 0.3) is 0 Å². The zero-order valence-corrected chi connectivity index (χ0v) is 13.4. The molecule has 0 saturated heterocycles. The molecule has 1 nitrogen and oxygen atoms in total. The van der Waals surface area contributed by atoms with Gasteiger partial charge in [0.05, 0.1) is 0 Å². The van der Waals surface area contributed by atoms with Crippen molar-refractivity contribution in [2.45, 2.75) is 12.3 Å². The van der Waals surface area contributed by atoms with Crippen LogP contribution < -0.4 is 5.73 Å². The first-order valence-corrected chi connectivity index (χ1v) is 7.57. The zero-order chi connectivity index (χ0) is 13.8. The van der Waals surface area contributed by atoms with E-state index in [9.17, 15) is 4.39 Å². The highest BCUT2D eigenvalue weighted by atomic mass is 79.9. The van der Waals surface area contributed by atoms with Crippen molar-refractivity contribution in [3.8, 4) is 0 Å². The maximum absolute atomic E-state index is 13.4. The summed E-state index contributed by atoms with van der Waals surface area (Å²) in [5.41, 5.74) is 7.97. The first-order chi connectivity index (χ1) is 9.08. The molecule has 0 amide bonds. The highest BCUT2D eigenvalue weighted by molar-refractivity contribution is 9.10. The first kappa shape index (κ1) is 14.7. The molecule has 1 atom stereocenters. The fraction of sp³-hybridized carbons (Fsp3) is 0.200. The average Bonchev–Trinajstić information content (AvgIpc) is 2.36. The SMILES string of the molecule is NCC(Cc1cc(F)cc(Br)c1)c1ccc(Br)cc1. The monoisotopic (exact) mass is 385 g/mol. The highest BCUT2D eigenvalue weighted by Gasteiger charge is 2.11. The number of nitrogens with two attached hydrogens (primary N) is 1. The van der Waals surface area contributed by atoms with E-state index in [1.165, 1.54) is 11.6 Å². The Morgan fingerprint density at radius 1 is 1.00 bits per heavy atom. The molecule has 0 spiro atoms. The van der Waals surface area contributed by atoms with E-state index in [0.29, 0.717) is 6.54 Å². The Kier molecular flexibility index (Phi) is 5.13. The quantitative estimate of drug-likeness (QED) is 0.813. The van der Waals surface area contributed by atoms with Crippen LogP contribution >= 0.6 is 31.9 Å². The van der Waals surface area contributed by atoms with Crippen molar-refractivity contribution in [2.24, 2.45) is 5.73 Å². The third-order valence-corrected chi connectivity index (χ3v) is 4.02. The summed E-state index contributed by atoms with van der Waals surface area (Å²) in [7, 11) is 0. The van der Waals surface area contributed by atoms with Crippen LogP contribution in [-0.2, 0) is 6.42 Å². The topological polar surface area (TPSA) is 26.0 Å². The van der Waals surface area contributed by atoms with Crippen molar-refractivity contribution in [2.75, 3.05) is 6.54 Å². The summed E-state index contributed by atoms with van der Waals surface area (Å²) in [5.74, 6) is -0.0299. The molecule has 2 aromatic rings. The summed E-state index contributed by atoms with van der Waals surface area (Å²) in [4.78, 5) is 0. The Labute approximate surface area is 129 Å². The molecular weight excluding hydrogens is 373 g/mol. The molecule has 0 aromatic heterocycles. The van der Waals surface area contributed by atoms with Gasteiger partial charge in [-0.05, 0) is 54.4 Å². The number of hydrogen-bond donors (Lipinski definition) is 1. The Morgan fingerprint density at radius 3 is 2.26 bits per heavy atom. The van der Waals surface area contributed by atoms with Gasteiger partial charge >= 0.3 is 0 Å². The molecule has 2 aromatic carbocycles. The maximum atomic E-state index is 13.4. The lowest BCUT2D eigenvalue weighted by Crippen LogP contribution is -2.15. The van der Waals surface area contributed by atoms with Crippen LogP contribution in [-0.4, -0.2) is 6.54 Å². The van der Waals surface area contributed by atoms with Gasteiger partial charge in [-0.15, -0.1) is 0 Å². The average molecular weight is 387 g/mol. The molecule has 2 N–H and O–H groups in total. The molecule has 19 heavy (non-hydrogen) atoms. The lowest BCUT2D eigenvalue weighted by molar-refractivity contribution is 0.619. The van der Waals surface area contributed by atoms with Crippen molar-refractivity contribution in [1.82, 2.24) is 0 Å². The lowest BCUT2D eigenvalue weighted by atomic mass is 9.92. The third-order valence-electron chi connectivity index (χ3n) is 3.03. The van der Waals surface area contributed by atoms with Crippen molar-refractivity contribution >= 4 is 31.9 Å². The fourth-order valence-electron chi connectivity index (χ4n) is 2.09. The molecule has 100 valence electrons. The molecule has 0 aliphatic rings. The van der Waals surface area contributed by atoms with Crippen molar-refractivity contribution in [3.05, 3.63) is 68.4 Å². The van der Waals surface area contributed by atoms with E-state index in [2.05, 4.69) is 44.0 Å². The standard InChI is InChI=1S/C15H14Br2FN/c16-13-3-1-11(2-4-13)12(9-19)5-10-6-14(17)8-15(18)7-10/h1-4,6-8,12H,5,9,19H2. The summed E-state index contributed by atoms with van der Waals surface area (Å²) in [6, 6.07) is 13.1. The molecule has 0 heterocycles. The number of halogens is 3. The first-order valence-electron chi connectivity index (χ1n) is 5.99. The normalized spacial score (nSPS) is 12.4. The minimum atomic E-state index is -0.226. The molecule has 0 fully saturated rings. The fourth-order valence-corrected chi connectivity index (χ4v) is 2.86. The van der Waals surface area contributed by atoms with Gasteiger partial charge in [-0.25, -0.2) is 4.39 Å². The van der Waals surface area contributed by atoms with E-state index in [0.717, 1.165) is 20.9 Å². The maximum Gasteiger partial charge on any atom is 0.124 e. The van der Waals surface area contributed by atoms with Gasteiger partial charge in [0.2, 0.25) is 0 Å². The molecule has 0 aliphatic carbocycles. The summed E-state index contributed by atoms with van der Waals surface area (Å²) >= 11 is 6.73. The molecule has 0 bridgehead atoms. The molecule has 2 rings (SSSR count). The van der Waals surface area contributed by atoms with E-state index in [-0.39, 0.29) is 11.7 Å². The molecule has 0 aliphatic heterocycles. The van der Waals surface area contributed by atoms with Crippen LogP contribution in [0, 0.1) is 5.82 Å². The Balaban J connectivity index is 2.21. The van der Waals surface area contributed by atoms with Gasteiger partial charge in [-0.2, -0.15) is 0 Å². The highest BCUT2D eigenvalue weighted by Crippen LogP contribution is 2.24. The largest absolute Gasteiger partial charge is 0.330 e. The smallest absolute Gasteiger partial charge is 0.124 e. The van der Waals surface area contributed by atoms with Crippen LogP contribution in [0.4, 0.5) is 4.39 Å². The Hall–Kier alpha value is -0.710. The Morgan fingerprint density at radius 2 is 1.68 bits per heavy atom. The number of benzene rings is 2. The van der Waals surface area contributed by atoms with Gasteiger partial charge in [-0.1, -0.05) is 44.0 Å². The zero-order valence-electron chi connectivity index (χ0n) is 10.2. The second-order valence-electron chi connectivity index (χ2n) is 4.47. The van der Waals surface area contributed by atoms with Gasteiger partial charge in [-0.3, -0.25) is 0 Å². The molecule has 1 unspecified atom stereocenters. The van der Waals surface area contributed by atoms with Crippen LogP contribution in [0.15, 0.2) is 51.4 Å². The van der Waals surface area contributed by atoms with Gasteiger partial charge in [0, 0.05) is 14.9 Å². The van der Waals surface area contributed by atoms with E-state index < -0.39 is 0 Å². The minimum Gasteiger partial charge on any atom is -0.330 e. The van der Waals surface area contributed by atoms with Crippen molar-refractivity contribution in [3.63, 3.8) is 0 Å². The van der Waals surface area contributed by atoms with Crippen LogP contribution in [0.3, 0.4) is 0 Å². The predicted octanol–water partition coefficient (Wildman–Crippen LogP) is 4.64. The van der Waals surface area contributed by atoms with Crippen molar-refractivity contribution < 1.29 is 4.39 Å². The summed E-state index contributed by atoms with van der Waals surface area (Å²) in [6.45, 7) is 0.537. The summed E-state index contributed by atoms with van der Waals surface area (Å²) < 4.78 is 15.2. The lowest BCUT2D eigenvalue weighted by Gasteiger charge is -2.16.